The van der Waals surface area contributed by atoms with Crippen LogP contribution in [0.1, 0.15) is 42.8 Å². The maximum absolute atomic E-state index is 4.62. The molecule has 0 aliphatic rings. The minimum atomic E-state index is 0. The zero-order valence-electron chi connectivity index (χ0n) is 15.3. The highest BCUT2D eigenvalue weighted by atomic mass is 127. The predicted molar refractivity (Wildman–Crippen MR) is 112 cm³/mol. The fourth-order valence-corrected chi connectivity index (χ4v) is 2.84. The number of guanidine groups is 1. The van der Waals surface area contributed by atoms with Crippen LogP contribution >= 0.6 is 35.3 Å². The average Bonchev–Trinajstić information content (AvgIpc) is 2.82. The van der Waals surface area contributed by atoms with E-state index in [2.05, 4.69) is 60.3 Å². The Morgan fingerprint density at radius 2 is 2.00 bits per heavy atom. The molecule has 5 nitrogen and oxygen atoms in total. The Balaban J connectivity index is 0.00000484. The van der Waals surface area contributed by atoms with Gasteiger partial charge in [0.05, 0.1) is 12.2 Å². The number of likely N-dealkylation sites (N-methyl/N-ethyl adjacent to an activating group) is 1. The number of aromatic nitrogens is 1. The van der Waals surface area contributed by atoms with Crippen molar-refractivity contribution in [1.82, 2.24) is 20.5 Å². The van der Waals surface area contributed by atoms with Crippen molar-refractivity contribution in [3.8, 4) is 0 Å². The molecule has 1 heterocycles. The zero-order chi connectivity index (χ0) is 16.5. The molecule has 0 aliphatic heterocycles. The van der Waals surface area contributed by atoms with Crippen molar-refractivity contribution in [3.05, 3.63) is 15.6 Å². The molecule has 1 rings (SSSR count). The molecule has 0 spiro atoms. The largest absolute Gasteiger partial charge is 0.357 e. The summed E-state index contributed by atoms with van der Waals surface area (Å²) in [5.74, 6) is 0.866. The summed E-state index contributed by atoms with van der Waals surface area (Å²) >= 11 is 1.73. The van der Waals surface area contributed by atoms with Gasteiger partial charge in [0.25, 0.3) is 0 Å². The fourth-order valence-electron chi connectivity index (χ4n) is 1.98. The van der Waals surface area contributed by atoms with Crippen LogP contribution < -0.4 is 10.6 Å². The van der Waals surface area contributed by atoms with E-state index in [9.17, 15) is 0 Å². The molecule has 7 heteroatoms. The number of hydrogen-bond acceptors (Lipinski definition) is 4. The van der Waals surface area contributed by atoms with Crippen LogP contribution in [0.25, 0.3) is 0 Å². The van der Waals surface area contributed by atoms with Crippen LogP contribution in [-0.4, -0.2) is 48.6 Å². The average molecular weight is 453 g/mol. The summed E-state index contributed by atoms with van der Waals surface area (Å²) in [6, 6.07) is 0.614. The number of nitrogens with one attached hydrogen (secondary N) is 2. The van der Waals surface area contributed by atoms with E-state index in [1.165, 1.54) is 11.3 Å². The van der Waals surface area contributed by atoms with Crippen molar-refractivity contribution in [1.29, 1.82) is 0 Å². The maximum atomic E-state index is 4.62. The van der Waals surface area contributed by atoms with Gasteiger partial charge in [0.15, 0.2) is 5.96 Å². The van der Waals surface area contributed by atoms with E-state index in [4.69, 9.17) is 0 Å². The summed E-state index contributed by atoms with van der Waals surface area (Å²) in [7, 11) is 2.17. The summed E-state index contributed by atoms with van der Waals surface area (Å²) in [6.45, 7) is 14.1. The third kappa shape index (κ3) is 8.30. The second-order valence-corrected chi connectivity index (χ2v) is 6.90. The number of aliphatic imine (C=N–C) groups is 1. The first-order valence-corrected chi connectivity index (χ1v) is 8.94. The van der Waals surface area contributed by atoms with Crippen LogP contribution in [0.3, 0.4) is 0 Å². The van der Waals surface area contributed by atoms with Gasteiger partial charge in [-0.05, 0) is 41.2 Å². The van der Waals surface area contributed by atoms with Gasteiger partial charge in [0.1, 0.15) is 5.01 Å². The second-order valence-electron chi connectivity index (χ2n) is 5.61. The van der Waals surface area contributed by atoms with Gasteiger partial charge in [-0.1, -0.05) is 6.92 Å². The van der Waals surface area contributed by atoms with E-state index in [0.29, 0.717) is 12.6 Å². The quantitative estimate of drug-likeness (QED) is 0.361. The summed E-state index contributed by atoms with van der Waals surface area (Å²) in [5, 5.41) is 7.76. The molecule has 0 radical (unpaired) electrons. The molecule has 1 atom stereocenters. The summed E-state index contributed by atoms with van der Waals surface area (Å²) < 4.78 is 0. The second kappa shape index (κ2) is 12.0. The number of rotatable bonds is 8. The minimum absolute atomic E-state index is 0. The Bertz CT molecular complexity index is 456. The predicted octanol–water partition coefficient (Wildman–Crippen LogP) is 3.16. The minimum Gasteiger partial charge on any atom is -0.357 e. The van der Waals surface area contributed by atoms with E-state index >= 15 is 0 Å². The molecule has 0 saturated heterocycles. The maximum Gasteiger partial charge on any atom is 0.191 e. The van der Waals surface area contributed by atoms with Crippen molar-refractivity contribution in [3.63, 3.8) is 0 Å². The Morgan fingerprint density at radius 3 is 2.52 bits per heavy atom. The summed E-state index contributed by atoms with van der Waals surface area (Å²) in [5.41, 5.74) is 1.11. The van der Waals surface area contributed by atoms with E-state index in [1.54, 1.807) is 11.3 Å². The SMILES string of the molecule is CCNC(=NCc1nc(C)c(C)s1)NCCN(C)C(C)CC.I. The molecule has 0 aromatic carbocycles. The molecular formula is C16H32IN5S. The number of aryl methyl sites for hydroxylation is 2. The third-order valence-electron chi connectivity index (χ3n) is 3.89. The Labute approximate surface area is 162 Å². The fraction of sp³-hybridized carbons (Fsp3) is 0.750. The van der Waals surface area contributed by atoms with Gasteiger partial charge in [0.2, 0.25) is 0 Å². The lowest BCUT2D eigenvalue weighted by Gasteiger charge is -2.23. The van der Waals surface area contributed by atoms with Gasteiger partial charge < -0.3 is 15.5 Å². The highest BCUT2D eigenvalue weighted by molar-refractivity contribution is 14.0. The molecule has 23 heavy (non-hydrogen) atoms. The monoisotopic (exact) mass is 453 g/mol. The molecule has 0 bridgehead atoms. The molecule has 1 aromatic rings. The van der Waals surface area contributed by atoms with Gasteiger partial charge in [0, 0.05) is 30.6 Å². The lowest BCUT2D eigenvalue weighted by molar-refractivity contribution is 0.255. The number of nitrogens with zero attached hydrogens (tertiary/aromatic N) is 3. The topological polar surface area (TPSA) is 52.6 Å². The lowest BCUT2D eigenvalue weighted by atomic mass is 10.2. The Kier molecular flexibility index (Phi) is 11.8. The smallest absolute Gasteiger partial charge is 0.191 e. The van der Waals surface area contributed by atoms with Crippen molar-refractivity contribution in [2.24, 2.45) is 4.99 Å². The van der Waals surface area contributed by atoms with Crippen LogP contribution in [0.2, 0.25) is 0 Å². The first kappa shape index (κ1) is 22.6. The van der Waals surface area contributed by atoms with Gasteiger partial charge in [-0.3, -0.25) is 0 Å². The third-order valence-corrected chi connectivity index (χ3v) is 4.95. The van der Waals surface area contributed by atoms with E-state index in [-0.39, 0.29) is 24.0 Å². The molecule has 1 aromatic heterocycles. The molecule has 0 fully saturated rings. The highest BCUT2D eigenvalue weighted by Gasteiger charge is 2.07. The molecular weight excluding hydrogens is 421 g/mol. The molecule has 0 saturated carbocycles. The molecule has 134 valence electrons. The number of halogens is 1. The number of thiazole rings is 1. The first-order valence-electron chi connectivity index (χ1n) is 8.13. The standard InChI is InChI=1S/C16H31N5S.HI/c1-7-12(3)21(6)10-9-18-16(17-8-2)19-11-15-20-13(4)14(5)22-15;/h12H,7-11H2,1-6H3,(H2,17,18,19);1H. The lowest BCUT2D eigenvalue weighted by Crippen LogP contribution is -2.42. The van der Waals surface area contributed by atoms with Crippen molar-refractivity contribution >= 4 is 41.3 Å². The normalized spacial score (nSPS) is 12.9. The van der Waals surface area contributed by atoms with E-state index < -0.39 is 0 Å². The van der Waals surface area contributed by atoms with Crippen molar-refractivity contribution in [2.75, 3.05) is 26.7 Å². The molecule has 1 unspecified atom stereocenters. The van der Waals surface area contributed by atoms with Crippen LogP contribution in [0.4, 0.5) is 0 Å². The van der Waals surface area contributed by atoms with E-state index in [0.717, 1.165) is 36.3 Å². The van der Waals surface area contributed by atoms with Gasteiger partial charge in [-0.15, -0.1) is 35.3 Å². The Hall–Kier alpha value is -0.410. The Morgan fingerprint density at radius 1 is 1.30 bits per heavy atom. The number of hydrogen-bond donors (Lipinski definition) is 2. The molecule has 0 amide bonds. The zero-order valence-corrected chi connectivity index (χ0v) is 18.4. The van der Waals surface area contributed by atoms with Gasteiger partial charge >= 0.3 is 0 Å². The van der Waals surface area contributed by atoms with Crippen molar-refractivity contribution in [2.45, 2.75) is 53.6 Å². The first-order chi connectivity index (χ1) is 10.5. The van der Waals surface area contributed by atoms with Crippen LogP contribution in [0, 0.1) is 13.8 Å². The van der Waals surface area contributed by atoms with Crippen LogP contribution in [0.15, 0.2) is 4.99 Å². The van der Waals surface area contributed by atoms with Crippen molar-refractivity contribution < 1.29 is 0 Å². The van der Waals surface area contributed by atoms with Gasteiger partial charge in [-0.2, -0.15) is 0 Å². The highest BCUT2D eigenvalue weighted by Crippen LogP contribution is 2.16. The van der Waals surface area contributed by atoms with Crippen LogP contribution in [-0.2, 0) is 6.54 Å². The van der Waals surface area contributed by atoms with Crippen LogP contribution in [0.5, 0.6) is 0 Å². The molecule has 0 aliphatic carbocycles. The summed E-state index contributed by atoms with van der Waals surface area (Å²) in [4.78, 5) is 12.8. The summed E-state index contributed by atoms with van der Waals surface area (Å²) in [6.07, 6.45) is 1.17. The van der Waals surface area contributed by atoms with E-state index in [1.807, 2.05) is 6.92 Å². The van der Waals surface area contributed by atoms with Gasteiger partial charge in [-0.25, -0.2) is 9.98 Å². The molecule has 2 N–H and O–H groups in total.